The number of alkyl halides is 2. The molecule has 2 unspecified atom stereocenters. The first-order chi connectivity index (χ1) is 8.46. The van der Waals surface area contributed by atoms with Crippen LogP contribution in [-0.2, 0) is 0 Å². The maximum absolute atomic E-state index is 13.3. The minimum atomic E-state index is -2.57. The number of nitrogens with zero attached hydrogens (tertiary/aromatic N) is 2. The zero-order valence-corrected chi connectivity index (χ0v) is 10.4. The Hall–Kier alpha value is -1.10. The molecule has 0 spiro atoms. The molecule has 2 rings (SSSR count). The van der Waals surface area contributed by atoms with Crippen molar-refractivity contribution in [3.05, 3.63) is 23.8 Å². The Morgan fingerprint density at radius 2 is 2.22 bits per heavy atom. The molecule has 1 fully saturated rings. The molecule has 100 valence electrons. The number of aliphatic hydroxyl groups is 1. The first-order valence-electron chi connectivity index (χ1n) is 6.31. The molecule has 0 radical (unpaired) electrons. The van der Waals surface area contributed by atoms with Crippen LogP contribution in [0.4, 0.5) is 8.78 Å². The second kappa shape index (κ2) is 5.26. The maximum Gasteiger partial charge on any atom is 0.248 e. The van der Waals surface area contributed by atoms with Gasteiger partial charge in [0.1, 0.15) is 0 Å². The number of rotatable bonds is 3. The van der Waals surface area contributed by atoms with Crippen LogP contribution >= 0.6 is 0 Å². The number of aromatic nitrogens is 2. The van der Waals surface area contributed by atoms with E-state index >= 15 is 0 Å². The number of hydrogen-bond acceptors (Lipinski definition) is 3. The van der Waals surface area contributed by atoms with Crippen molar-refractivity contribution in [2.45, 2.75) is 51.1 Å². The van der Waals surface area contributed by atoms with Crippen molar-refractivity contribution in [3.8, 4) is 0 Å². The summed E-state index contributed by atoms with van der Waals surface area (Å²) in [7, 11) is 0. The van der Waals surface area contributed by atoms with Crippen molar-refractivity contribution in [3.63, 3.8) is 0 Å². The van der Waals surface area contributed by atoms with E-state index in [2.05, 4.69) is 9.97 Å². The summed E-state index contributed by atoms with van der Waals surface area (Å²) in [4.78, 5) is 8.13. The smallest absolute Gasteiger partial charge is 0.248 e. The van der Waals surface area contributed by atoms with Gasteiger partial charge in [-0.1, -0.05) is 0 Å². The number of aliphatic hydroxyl groups excluding tert-OH is 1. The van der Waals surface area contributed by atoms with Gasteiger partial charge in [-0.05, 0) is 32.1 Å². The molecule has 1 saturated carbocycles. The Balaban J connectivity index is 1.94. The van der Waals surface area contributed by atoms with Crippen molar-refractivity contribution in [1.82, 2.24) is 9.97 Å². The van der Waals surface area contributed by atoms with Gasteiger partial charge in [-0.3, -0.25) is 9.97 Å². The molecular weight excluding hydrogens is 238 g/mol. The van der Waals surface area contributed by atoms with Crippen LogP contribution in [0.3, 0.4) is 0 Å². The van der Waals surface area contributed by atoms with Crippen LogP contribution in [0.15, 0.2) is 12.4 Å². The van der Waals surface area contributed by atoms with Gasteiger partial charge < -0.3 is 5.11 Å². The third-order valence-electron chi connectivity index (χ3n) is 3.44. The van der Waals surface area contributed by atoms with E-state index in [1.807, 2.05) is 6.92 Å². The van der Waals surface area contributed by atoms with Gasteiger partial charge in [-0.15, -0.1) is 0 Å². The Labute approximate surface area is 105 Å². The molecular formula is C13H18F2N2O. The number of hydrogen-bond donors (Lipinski definition) is 1. The number of halogens is 2. The van der Waals surface area contributed by atoms with Crippen molar-refractivity contribution in [2.24, 2.45) is 5.92 Å². The van der Waals surface area contributed by atoms with Gasteiger partial charge in [-0.2, -0.15) is 0 Å². The molecule has 0 saturated heterocycles. The van der Waals surface area contributed by atoms with Crippen molar-refractivity contribution < 1.29 is 13.9 Å². The summed E-state index contributed by atoms with van der Waals surface area (Å²) in [5.41, 5.74) is 1.24. The van der Waals surface area contributed by atoms with Gasteiger partial charge in [0.15, 0.2) is 0 Å². The largest absolute Gasteiger partial charge is 0.387 e. The second-order valence-electron chi connectivity index (χ2n) is 5.15. The van der Waals surface area contributed by atoms with Crippen LogP contribution in [0.1, 0.15) is 49.6 Å². The molecule has 1 aromatic heterocycles. The highest BCUT2D eigenvalue weighted by molar-refractivity contribution is 5.04. The lowest BCUT2D eigenvalue weighted by molar-refractivity contribution is -0.0592. The Kier molecular flexibility index (Phi) is 3.90. The average Bonchev–Trinajstić information content (AvgIpc) is 2.28. The Bertz CT molecular complexity index is 394. The Morgan fingerprint density at radius 3 is 2.83 bits per heavy atom. The maximum atomic E-state index is 13.3. The molecule has 1 aliphatic rings. The molecule has 1 aromatic rings. The predicted molar refractivity (Wildman–Crippen MR) is 63.3 cm³/mol. The quantitative estimate of drug-likeness (QED) is 0.904. The van der Waals surface area contributed by atoms with Gasteiger partial charge in [0.05, 0.1) is 23.7 Å². The van der Waals surface area contributed by atoms with E-state index in [-0.39, 0.29) is 18.8 Å². The van der Waals surface area contributed by atoms with Gasteiger partial charge in [0.25, 0.3) is 0 Å². The first kappa shape index (κ1) is 13.3. The molecule has 3 nitrogen and oxygen atoms in total. The molecule has 2 atom stereocenters. The summed E-state index contributed by atoms with van der Waals surface area (Å²) >= 11 is 0. The molecule has 5 heteroatoms. The Morgan fingerprint density at radius 1 is 1.44 bits per heavy atom. The highest BCUT2D eigenvalue weighted by atomic mass is 19.3. The van der Waals surface area contributed by atoms with Crippen molar-refractivity contribution in [2.75, 3.05) is 0 Å². The summed E-state index contributed by atoms with van der Waals surface area (Å²) in [5.74, 6) is -2.70. The van der Waals surface area contributed by atoms with Crippen molar-refractivity contribution >= 4 is 0 Å². The van der Waals surface area contributed by atoms with E-state index in [9.17, 15) is 13.9 Å². The van der Waals surface area contributed by atoms with E-state index < -0.39 is 12.0 Å². The lowest BCUT2D eigenvalue weighted by Gasteiger charge is -2.29. The highest BCUT2D eigenvalue weighted by Gasteiger charge is 2.36. The SMILES string of the molecule is Cc1cnc(C(O)CC2CCCC(F)(F)C2)cn1. The summed E-state index contributed by atoms with van der Waals surface area (Å²) in [5, 5.41) is 9.99. The fraction of sp³-hybridized carbons (Fsp3) is 0.692. The van der Waals surface area contributed by atoms with Crippen LogP contribution in [0.5, 0.6) is 0 Å². The van der Waals surface area contributed by atoms with E-state index in [1.165, 1.54) is 6.20 Å². The van der Waals surface area contributed by atoms with Crippen LogP contribution in [-0.4, -0.2) is 21.0 Å². The number of aryl methyl sites for hydroxylation is 1. The van der Waals surface area contributed by atoms with Crippen LogP contribution < -0.4 is 0 Å². The molecule has 18 heavy (non-hydrogen) atoms. The molecule has 1 heterocycles. The van der Waals surface area contributed by atoms with Gasteiger partial charge in [0, 0.05) is 19.0 Å². The third kappa shape index (κ3) is 3.45. The standard InChI is InChI=1S/C13H18F2N2O/c1-9-7-17-11(8-16-9)12(18)5-10-3-2-4-13(14,15)6-10/h7-8,10,12,18H,2-6H2,1H3. The fourth-order valence-electron chi connectivity index (χ4n) is 2.49. The zero-order chi connectivity index (χ0) is 13.2. The second-order valence-corrected chi connectivity index (χ2v) is 5.15. The fourth-order valence-corrected chi connectivity index (χ4v) is 2.49. The van der Waals surface area contributed by atoms with Gasteiger partial charge >= 0.3 is 0 Å². The summed E-state index contributed by atoms with van der Waals surface area (Å²) in [6.45, 7) is 1.81. The summed E-state index contributed by atoms with van der Waals surface area (Å²) in [6.07, 6.45) is 3.78. The molecule has 0 aromatic carbocycles. The molecule has 0 aliphatic heterocycles. The third-order valence-corrected chi connectivity index (χ3v) is 3.44. The van der Waals surface area contributed by atoms with E-state index in [0.29, 0.717) is 18.5 Å². The predicted octanol–water partition coefficient (Wildman–Crippen LogP) is 3.03. The molecule has 0 amide bonds. The van der Waals surface area contributed by atoms with E-state index in [0.717, 1.165) is 12.1 Å². The summed E-state index contributed by atoms with van der Waals surface area (Å²) in [6, 6.07) is 0. The minimum absolute atomic E-state index is 0.0239. The molecule has 0 bridgehead atoms. The van der Waals surface area contributed by atoms with Crippen LogP contribution in [0.25, 0.3) is 0 Å². The molecule has 1 N–H and O–H groups in total. The van der Waals surface area contributed by atoms with E-state index in [4.69, 9.17) is 0 Å². The van der Waals surface area contributed by atoms with Gasteiger partial charge in [-0.25, -0.2) is 8.78 Å². The van der Waals surface area contributed by atoms with Crippen LogP contribution in [0.2, 0.25) is 0 Å². The van der Waals surface area contributed by atoms with Crippen LogP contribution in [0, 0.1) is 12.8 Å². The lowest BCUT2D eigenvalue weighted by atomic mass is 9.83. The monoisotopic (exact) mass is 256 g/mol. The first-order valence-corrected chi connectivity index (χ1v) is 6.31. The average molecular weight is 256 g/mol. The van der Waals surface area contributed by atoms with Crippen molar-refractivity contribution in [1.29, 1.82) is 0 Å². The van der Waals surface area contributed by atoms with Gasteiger partial charge in [0.2, 0.25) is 5.92 Å². The zero-order valence-electron chi connectivity index (χ0n) is 10.4. The minimum Gasteiger partial charge on any atom is -0.387 e. The topological polar surface area (TPSA) is 46.0 Å². The lowest BCUT2D eigenvalue weighted by Crippen LogP contribution is -2.27. The summed E-state index contributed by atoms with van der Waals surface area (Å²) < 4.78 is 26.5. The highest BCUT2D eigenvalue weighted by Crippen LogP contribution is 2.39. The normalized spacial score (nSPS) is 24.8. The molecule has 1 aliphatic carbocycles. The van der Waals surface area contributed by atoms with E-state index in [1.54, 1.807) is 6.20 Å².